The van der Waals surface area contributed by atoms with E-state index in [-0.39, 0.29) is 0 Å². The van der Waals surface area contributed by atoms with Crippen molar-refractivity contribution in [1.82, 2.24) is 4.90 Å². The summed E-state index contributed by atoms with van der Waals surface area (Å²) in [6, 6.07) is 4.33. The lowest BCUT2D eigenvalue weighted by atomic mass is 10.1. The van der Waals surface area contributed by atoms with Crippen LogP contribution in [0.4, 0.5) is 0 Å². The quantitative estimate of drug-likeness (QED) is 0.844. The zero-order valence-electron chi connectivity index (χ0n) is 10.1. The van der Waals surface area contributed by atoms with Crippen molar-refractivity contribution in [3.8, 4) is 0 Å². The van der Waals surface area contributed by atoms with Gasteiger partial charge < -0.3 is 10.2 Å². The maximum absolute atomic E-state index is 10.8. The number of rotatable bonds is 6. The third kappa shape index (κ3) is 4.70. The molecule has 1 atom stereocenters. The summed E-state index contributed by atoms with van der Waals surface area (Å²) in [5, 5.41) is 18.5. The van der Waals surface area contributed by atoms with Crippen LogP contribution in [0.1, 0.15) is 18.5 Å². The average molecular weight is 306 g/mol. The topological polar surface area (TPSA) is 77.8 Å². The van der Waals surface area contributed by atoms with Crippen molar-refractivity contribution in [1.29, 1.82) is 0 Å². The van der Waals surface area contributed by atoms with E-state index < -0.39 is 31.1 Å². The van der Waals surface area contributed by atoms with Gasteiger partial charge in [0.05, 0.1) is 13.1 Å². The minimum absolute atomic E-state index is 0.393. The number of carboxylic acid groups (broad SMARTS) is 2. The molecule has 1 aromatic carbocycles. The molecule has 0 aliphatic heterocycles. The van der Waals surface area contributed by atoms with Crippen LogP contribution in [-0.2, 0) is 9.59 Å². The maximum atomic E-state index is 10.8. The highest BCUT2D eigenvalue weighted by molar-refractivity contribution is 6.33. The van der Waals surface area contributed by atoms with Gasteiger partial charge in [-0.25, -0.2) is 0 Å². The second kappa shape index (κ2) is 6.75. The van der Waals surface area contributed by atoms with Gasteiger partial charge in [-0.1, -0.05) is 23.2 Å². The molecule has 0 aliphatic rings. The van der Waals surface area contributed by atoms with Gasteiger partial charge in [-0.05, 0) is 30.7 Å². The van der Waals surface area contributed by atoms with Crippen LogP contribution in [0.2, 0.25) is 10.0 Å². The fraction of sp³-hybridized carbons (Fsp3) is 0.333. The van der Waals surface area contributed by atoms with Crippen molar-refractivity contribution in [3.05, 3.63) is 33.8 Å². The highest BCUT2D eigenvalue weighted by Crippen LogP contribution is 2.29. The zero-order valence-corrected chi connectivity index (χ0v) is 11.6. The van der Waals surface area contributed by atoms with Crippen LogP contribution in [0.5, 0.6) is 0 Å². The Labute approximate surface area is 120 Å². The molecule has 0 radical (unpaired) electrons. The number of carboxylic acids is 2. The molecule has 1 rings (SSSR count). The molecule has 5 nitrogen and oxygen atoms in total. The Morgan fingerprint density at radius 2 is 1.74 bits per heavy atom. The summed E-state index contributed by atoms with van der Waals surface area (Å²) >= 11 is 11.9. The molecule has 0 heterocycles. The van der Waals surface area contributed by atoms with Crippen molar-refractivity contribution in [2.45, 2.75) is 13.0 Å². The molecule has 0 saturated carbocycles. The predicted octanol–water partition coefficient (Wildman–Crippen LogP) is 2.53. The number of benzene rings is 1. The normalized spacial score (nSPS) is 12.4. The number of halogens is 2. The Bertz CT molecular complexity index is 477. The van der Waals surface area contributed by atoms with Gasteiger partial charge in [0.2, 0.25) is 0 Å². The average Bonchev–Trinajstić information content (AvgIpc) is 2.29. The van der Waals surface area contributed by atoms with Gasteiger partial charge in [0.25, 0.3) is 0 Å². The van der Waals surface area contributed by atoms with E-state index in [2.05, 4.69) is 0 Å². The van der Waals surface area contributed by atoms with Crippen molar-refractivity contribution in [3.63, 3.8) is 0 Å². The molecule has 0 spiro atoms. The summed E-state index contributed by atoms with van der Waals surface area (Å²) in [5.41, 5.74) is 0.594. The third-order valence-electron chi connectivity index (χ3n) is 2.63. The number of hydrogen-bond donors (Lipinski definition) is 2. The Kier molecular flexibility index (Phi) is 5.60. The van der Waals surface area contributed by atoms with Crippen molar-refractivity contribution < 1.29 is 19.8 Å². The summed E-state index contributed by atoms with van der Waals surface area (Å²) in [6.45, 7) is 0.899. The van der Waals surface area contributed by atoms with Gasteiger partial charge in [0.1, 0.15) is 0 Å². The van der Waals surface area contributed by atoms with Crippen molar-refractivity contribution in [2.75, 3.05) is 13.1 Å². The number of hydrogen-bond acceptors (Lipinski definition) is 3. The van der Waals surface area contributed by atoms with E-state index in [9.17, 15) is 9.59 Å². The molecule has 0 amide bonds. The molecular weight excluding hydrogens is 293 g/mol. The number of nitrogens with zero attached hydrogens (tertiary/aromatic N) is 1. The van der Waals surface area contributed by atoms with Crippen LogP contribution in [0.25, 0.3) is 0 Å². The lowest BCUT2D eigenvalue weighted by Gasteiger charge is -2.26. The molecule has 2 N–H and O–H groups in total. The summed E-state index contributed by atoms with van der Waals surface area (Å²) in [7, 11) is 0. The second-order valence-corrected chi connectivity index (χ2v) is 4.88. The number of aliphatic carboxylic acids is 2. The van der Waals surface area contributed by atoms with Gasteiger partial charge in [0, 0.05) is 16.1 Å². The molecule has 7 heteroatoms. The van der Waals surface area contributed by atoms with Crippen LogP contribution < -0.4 is 0 Å². The maximum Gasteiger partial charge on any atom is 0.317 e. The predicted molar refractivity (Wildman–Crippen MR) is 71.7 cm³/mol. The molecule has 0 bridgehead atoms. The first-order valence-corrected chi connectivity index (χ1v) is 6.19. The Balaban J connectivity index is 3.03. The highest BCUT2D eigenvalue weighted by atomic mass is 35.5. The lowest BCUT2D eigenvalue weighted by Crippen LogP contribution is -2.36. The zero-order chi connectivity index (χ0) is 14.6. The minimum Gasteiger partial charge on any atom is -0.480 e. The van der Waals surface area contributed by atoms with E-state index >= 15 is 0 Å². The minimum atomic E-state index is -1.11. The van der Waals surface area contributed by atoms with Gasteiger partial charge in [0.15, 0.2) is 0 Å². The highest BCUT2D eigenvalue weighted by Gasteiger charge is 2.22. The van der Waals surface area contributed by atoms with Crippen LogP contribution >= 0.6 is 23.2 Å². The first kappa shape index (κ1) is 15.8. The fourth-order valence-corrected chi connectivity index (χ4v) is 2.16. The van der Waals surface area contributed by atoms with Gasteiger partial charge in [-0.3, -0.25) is 14.5 Å². The monoisotopic (exact) mass is 305 g/mol. The SMILES string of the molecule is CC(c1cc(Cl)ccc1Cl)N(CC(=O)O)CC(=O)O. The van der Waals surface area contributed by atoms with E-state index in [1.54, 1.807) is 25.1 Å². The Morgan fingerprint density at radius 1 is 1.21 bits per heavy atom. The van der Waals surface area contributed by atoms with Crippen LogP contribution in [0, 0.1) is 0 Å². The van der Waals surface area contributed by atoms with Crippen LogP contribution in [-0.4, -0.2) is 40.1 Å². The lowest BCUT2D eigenvalue weighted by molar-refractivity contribution is -0.142. The molecular formula is C12H13Cl2NO4. The molecule has 19 heavy (non-hydrogen) atoms. The van der Waals surface area contributed by atoms with E-state index in [1.807, 2.05) is 0 Å². The summed E-state index contributed by atoms with van der Waals surface area (Å²) < 4.78 is 0. The molecule has 1 aromatic rings. The van der Waals surface area contributed by atoms with Crippen molar-refractivity contribution >= 4 is 35.1 Å². The number of carbonyl (C=O) groups is 2. The van der Waals surface area contributed by atoms with Crippen molar-refractivity contribution in [2.24, 2.45) is 0 Å². The van der Waals surface area contributed by atoms with Gasteiger partial charge in [-0.15, -0.1) is 0 Å². The fourth-order valence-electron chi connectivity index (χ4n) is 1.71. The van der Waals surface area contributed by atoms with Crippen LogP contribution in [0.3, 0.4) is 0 Å². The largest absolute Gasteiger partial charge is 0.480 e. The summed E-state index contributed by atoms with van der Waals surface area (Å²) in [5.74, 6) is -2.21. The molecule has 1 unspecified atom stereocenters. The standard InChI is InChI=1S/C12H13Cl2NO4/c1-7(9-4-8(13)2-3-10(9)14)15(5-11(16)17)6-12(18)19/h2-4,7H,5-6H2,1H3,(H,16,17)(H,18,19). The van der Waals surface area contributed by atoms with E-state index in [0.29, 0.717) is 15.6 Å². The summed E-state index contributed by atoms with van der Waals surface area (Å²) in [4.78, 5) is 22.9. The smallest absolute Gasteiger partial charge is 0.317 e. The second-order valence-electron chi connectivity index (χ2n) is 4.03. The summed E-state index contributed by atoms with van der Waals surface area (Å²) in [6.07, 6.45) is 0. The molecule has 0 fully saturated rings. The Morgan fingerprint density at radius 3 is 2.21 bits per heavy atom. The first-order valence-electron chi connectivity index (χ1n) is 5.44. The van der Waals surface area contributed by atoms with Gasteiger partial charge in [-0.2, -0.15) is 0 Å². The first-order chi connectivity index (χ1) is 8.81. The van der Waals surface area contributed by atoms with Gasteiger partial charge >= 0.3 is 11.9 Å². The van der Waals surface area contributed by atoms with E-state index in [0.717, 1.165) is 0 Å². The molecule has 0 aliphatic carbocycles. The molecule has 0 saturated heterocycles. The van der Waals surface area contributed by atoms with E-state index in [1.165, 1.54) is 4.90 Å². The molecule has 0 aromatic heterocycles. The third-order valence-corrected chi connectivity index (χ3v) is 3.21. The van der Waals surface area contributed by atoms with E-state index in [4.69, 9.17) is 33.4 Å². The van der Waals surface area contributed by atoms with Crippen LogP contribution in [0.15, 0.2) is 18.2 Å². The Hall–Kier alpha value is -1.30. The molecule has 104 valence electrons.